The minimum absolute atomic E-state index is 0.470. The van der Waals surface area contributed by atoms with Crippen LogP contribution in [0, 0.1) is 0 Å². The van der Waals surface area contributed by atoms with Crippen molar-refractivity contribution in [1.29, 1.82) is 0 Å². The van der Waals surface area contributed by atoms with Gasteiger partial charge in [0.25, 0.3) is 0 Å². The first-order chi connectivity index (χ1) is 7.27. The van der Waals surface area contributed by atoms with Crippen molar-refractivity contribution in [3.05, 3.63) is 36.7 Å². The number of imidazole rings is 1. The Balaban J connectivity index is 2.02. The van der Waals surface area contributed by atoms with Gasteiger partial charge in [0, 0.05) is 37.3 Å². The molecule has 0 unspecified atom stereocenters. The smallest absolute Gasteiger partial charge is 0.111 e. The molecule has 15 heavy (non-hydrogen) atoms. The quantitative estimate of drug-likeness (QED) is 0.762. The van der Waals surface area contributed by atoms with Crippen LogP contribution in [0.5, 0.6) is 0 Å². The second-order valence-electron chi connectivity index (χ2n) is 3.90. The molecule has 0 aliphatic carbocycles. The van der Waals surface area contributed by atoms with Crippen LogP contribution < -0.4 is 0 Å². The molecule has 0 radical (unpaired) electrons. The fraction of sp³-hybridized carbons (Fsp3) is 0.455. The van der Waals surface area contributed by atoms with Crippen LogP contribution in [0.4, 0.5) is 0 Å². The standard InChI is InChI=1S/C11H16N4/c1-10(2)11-12-5-7-14(11)8-9-15-6-3-4-13-15/h3-7,10H,8-9H2,1-2H3. The molecule has 0 aromatic carbocycles. The number of hydrogen-bond acceptors (Lipinski definition) is 2. The predicted octanol–water partition coefficient (Wildman–Crippen LogP) is 1.90. The maximum absolute atomic E-state index is 4.35. The van der Waals surface area contributed by atoms with Gasteiger partial charge in [-0.2, -0.15) is 5.10 Å². The topological polar surface area (TPSA) is 35.6 Å². The van der Waals surface area contributed by atoms with E-state index < -0.39 is 0 Å². The second-order valence-corrected chi connectivity index (χ2v) is 3.90. The lowest BCUT2D eigenvalue weighted by atomic mass is 10.2. The van der Waals surface area contributed by atoms with Crippen molar-refractivity contribution < 1.29 is 0 Å². The molecule has 2 aromatic heterocycles. The second kappa shape index (κ2) is 4.29. The van der Waals surface area contributed by atoms with Crippen molar-refractivity contribution in [3.63, 3.8) is 0 Å². The van der Waals surface area contributed by atoms with Gasteiger partial charge in [-0.3, -0.25) is 4.68 Å². The number of rotatable bonds is 4. The van der Waals surface area contributed by atoms with Crippen molar-refractivity contribution in [2.75, 3.05) is 0 Å². The van der Waals surface area contributed by atoms with Gasteiger partial charge in [0.1, 0.15) is 5.82 Å². The molecule has 4 nitrogen and oxygen atoms in total. The number of aromatic nitrogens is 4. The Hall–Kier alpha value is -1.58. The summed E-state index contributed by atoms with van der Waals surface area (Å²) in [7, 11) is 0. The summed E-state index contributed by atoms with van der Waals surface area (Å²) in [5, 5.41) is 4.17. The molecule has 4 heteroatoms. The highest BCUT2D eigenvalue weighted by Gasteiger charge is 2.06. The van der Waals surface area contributed by atoms with Crippen LogP contribution in [0.1, 0.15) is 25.6 Å². The Morgan fingerprint density at radius 3 is 2.73 bits per heavy atom. The Morgan fingerprint density at radius 2 is 2.07 bits per heavy atom. The predicted molar refractivity (Wildman–Crippen MR) is 58.5 cm³/mol. The molecule has 2 heterocycles. The Morgan fingerprint density at radius 1 is 1.20 bits per heavy atom. The molecule has 0 amide bonds. The maximum Gasteiger partial charge on any atom is 0.111 e. The lowest BCUT2D eigenvalue weighted by Gasteiger charge is -2.10. The molecular weight excluding hydrogens is 188 g/mol. The average molecular weight is 204 g/mol. The van der Waals surface area contributed by atoms with Crippen molar-refractivity contribution in [2.45, 2.75) is 32.9 Å². The fourth-order valence-electron chi connectivity index (χ4n) is 1.65. The van der Waals surface area contributed by atoms with E-state index in [4.69, 9.17) is 0 Å². The van der Waals surface area contributed by atoms with Crippen LogP contribution >= 0.6 is 0 Å². The zero-order chi connectivity index (χ0) is 10.7. The van der Waals surface area contributed by atoms with E-state index in [0.29, 0.717) is 5.92 Å². The van der Waals surface area contributed by atoms with Gasteiger partial charge in [0.05, 0.1) is 6.54 Å². The van der Waals surface area contributed by atoms with E-state index in [1.165, 1.54) is 0 Å². The molecule has 0 spiro atoms. The Bertz CT molecular complexity index is 400. The zero-order valence-corrected chi connectivity index (χ0v) is 9.17. The van der Waals surface area contributed by atoms with Crippen LogP contribution in [0.2, 0.25) is 0 Å². The van der Waals surface area contributed by atoms with Crippen LogP contribution in [-0.4, -0.2) is 19.3 Å². The first kappa shape index (κ1) is 9.96. The molecule has 0 aliphatic rings. The van der Waals surface area contributed by atoms with E-state index in [2.05, 4.69) is 28.5 Å². The largest absolute Gasteiger partial charge is 0.333 e. The Kier molecular flexibility index (Phi) is 2.85. The van der Waals surface area contributed by atoms with E-state index in [1.54, 1.807) is 6.20 Å². The summed E-state index contributed by atoms with van der Waals surface area (Å²) in [5.41, 5.74) is 0. The van der Waals surface area contributed by atoms with Gasteiger partial charge in [-0.05, 0) is 6.07 Å². The molecule has 2 aromatic rings. The van der Waals surface area contributed by atoms with Crippen LogP contribution in [-0.2, 0) is 13.1 Å². The highest BCUT2D eigenvalue weighted by Crippen LogP contribution is 2.11. The third-order valence-corrected chi connectivity index (χ3v) is 2.39. The van der Waals surface area contributed by atoms with Crippen LogP contribution in [0.25, 0.3) is 0 Å². The minimum atomic E-state index is 0.470. The third-order valence-electron chi connectivity index (χ3n) is 2.39. The summed E-state index contributed by atoms with van der Waals surface area (Å²) in [6.07, 6.45) is 7.67. The molecule has 2 rings (SSSR count). The number of hydrogen-bond donors (Lipinski definition) is 0. The lowest BCUT2D eigenvalue weighted by molar-refractivity contribution is 0.512. The summed E-state index contributed by atoms with van der Waals surface area (Å²) in [5.74, 6) is 1.61. The van der Waals surface area contributed by atoms with Gasteiger partial charge in [-0.25, -0.2) is 4.98 Å². The summed E-state index contributed by atoms with van der Waals surface area (Å²) >= 11 is 0. The van der Waals surface area contributed by atoms with E-state index in [0.717, 1.165) is 18.9 Å². The molecule has 80 valence electrons. The summed E-state index contributed by atoms with van der Waals surface area (Å²) in [4.78, 5) is 4.35. The van der Waals surface area contributed by atoms with Crippen molar-refractivity contribution in [3.8, 4) is 0 Å². The van der Waals surface area contributed by atoms with Gasteiger partial charge in [-0.15, -0.1) is 0 Å². The average Bonchev–Trinajstić information content (AvgIpc) is 2.86. The summed E-state index contributed by atoms with van der Waals surface area (Å²) < 4.78 is 4.12. The van der Waals surface area contributed by atoms with Gasteiger partial charge in [0.2, 0.25) is 0 Å². The number of nitrogens with zero attached hydrogens (tertiary/aromatic N) is 4. The SMILES string of the molecule is CC(C)c1nccn1CCn1cccn1. The first-order valence-corrected chi connectivity index (χ1v) is 5.26. The summed E-state index contributed by atoms with van der Waals surface area (Å²) in [6, 6.07) is 1.94. The molecule has 0 atom stereocenters. The molecule has 0 fully saturated rings. The number of aryl methyl sites for hydroxylation is 2. The minimum Gasteiger partial charge on any atom is -0.333 e. The van der Waals surface area contributed by atoms with E-state index in [9.17, 15) is 0 Å². The highest BCUT2D eigenvalue weighted by molar-refractivity contribution is 4.97. The van der Waals surface area contributed by atoms with E-state index in [1.807, 2.05) is 29.3 Å². The normalized spacial score (nSPS) is 11.1. The molecule has 0 saturated heterocycles. The monoisotopic (exact) mass is 204 g/mol. The van der Waals surface area contributed by atoms with E-state index in [-0.39, 0.29) is 0 Å². The fourth-order valence-corrected chi connectivity index (χ4v) is 1.65. The van der Waals surface area contributed by atoms with Crippen molar-refractivity contribution in [2.24, 2.45) is 0 Å². The van der Waals surface area contributed by atoms with Crippen molar-refractivity contribution >= 4 is 0 Å². The van der Waals surface area contributed by atoms with Crippen LogP contribution in [0.3, 0.4) is 0 Å². The van der Waals surface area contributed by atoms with Gasteiger partial charge < -0.3 is 4.57 Å². The zero-order valence-electron chi connectivity index (χ0n) is 9.17. The van der Waals surface area contributed by atoms with E-state index >= 15 is 0 Å². The molecular formula is C11H16N4. The van der Waals surface area contributed by atoms with Gasteiger partial charge in [0.15, 0.2) is 0 Å². The Labute approximate surface area is 89.6 Å². The molecule has 0 bridgehead atoms. The maximum atomic E-state index is 4.35. The summed E-state index contributed by atoms with van der Waals surface area (Å²) in [6.45, 7) is 6.14. The van der Waals surface area contributed by atoms with Crippen LogP contribution in [0.15, 0.2) is 30.9 Å². The lowest BCUT2D eigenvalue weighted by Crippen LogP contribution is -2.10. The van der Waals surface area contributed by atoms with Gasteiger partial charge >= 0.3 is 0 Å². The first-order valence-electron chi connectivity index (χ1n) is 5.26. The molecule has 0 saturated carbocycles. The highest BCUT2D eigenvalue weighted by atomic mass is 15.3. The molecule has 0 N–H and O–H groups in total. The van der Waals surface area contributed by atoms with Gasteiger partial charge in [-0.1, -0.05) is 13.8 Å². The van der Waals surface area contributed by atoms with Crippen molar-refractivity contribution in [1.82, 2.24) is 19.3 Å². The third kappa shape index (κ3) is 2.26. The molecule has 0 aliphatic heterocycles.